The second-order valence-corrected chi connectivity index (χ2v) is 14.4. The van der Waals surface area contributed by atoms with Crippen LogP contribution in [-0.4, -0.2) is 76.1 Å². The summed E-state index contributed by atoms with van der Waals surface area (Å²) in [6.07, 6.45) is 5.12. The van der Waals surface area contributed by atoms with Crippen molar-refractivity contribution in [3.63, 3.8) is 0 Å². The predicted octanol–water partition coefficient (Wildman–Crippen LogP) is 5.30. The number of anilines is 2. The topological polar surface area (TPSA) is 90.4 Å². The molecular weight excluding hydrogens is 586 g/mol. The zero-order valence-corrected chi connectivity index (χ0v) is 27.6. The van der Waals surface area contributed by atoms with Gasteiger partial charge in [0.2, 0.25) is 11.8 Å². The predicted molar refractivity (Wildman–Crippen MR) is 181 cm³/mol. The van der Waals surface area contributed by atoms with Gasteiger partial charge < -0.3 is 24.5 Å². The van der Waals surface area contributed by atoms with E-state index in [9.17, 15) is 19.5 Å². The highest BCUT2D eigenvalue weighted by atomic mass is 32.2. The molecule has 3 fully saturated rings. The smallest absolute Gasteiger partial charge is 0.251 e. The van der Waals surface area contributed by atoms with Gasteiger partial charge in [0.1, 0.15) is 11.8 Å². The van der Waals surface area contributed by atoms with Gasteiger partial charge in [0.05, 0.1) is 23.2 Å². The number of thioether (sulfide) groups is 1. The average Bonchev–Trinajstić information content (AvgIpc) is 3.59. The highest BCUT2D eigenvalue weighted by Crippen LogP contribution is 2.71. The largest absolute Gasteiger partial charge is 0.494 e. The average molecular weight is 632 g/mol. The molecule has 45 heavy (non-hydrogen) atoms. The Morgan fingerprint density at radius 1 is 1.07 bits per heavy atom. The third kappa shape index (κ3) is 5.58. The van der Waals surface area contributed by atoms with E-state index in [1.54, 1.807) is 38.6 Å². The fraction of sp³-hybridized carbons (Fsp3) is 0.472. The molecule has 3 amide bonds. The van der Waals surface area contributed by atoms with Crippen LogP contribution < -0.4 is 14.5 Å². The molecule has 5 atom stereocenters. The first-order valence-corrected chi connectivity index (χ1v) is 16.6. The van der Waals surface area contributed by atoms with Crippen molar-refractivity contribution in [2.45, 2.75) is 62.5 Å². The number of hydrogen-bond donors (Lipinski definition) is 1. The van der Waals surface area contributed by atoms with Gasteiger partial charge in [-0.2, -0.15) is 0 Å². The standard InChI is InChI=1S/C36H45N3O5S/c1-7-19-37(26-13-15-27(16-14-26)44-9-3)32(41)29-30-33(42)39(21-10-22-40)31(36(30)18-17-35(29,6)45-36)34(43)38(20-8-2)28-23-24(4)11-12-25(28)5/h7-8,11-16,23,29-31,40H,1-2,9-10,17-22H2,3-6H3/t29-,30+,31?,35+,36?/m1/s1. The van der Waals surface area contributed by atoms with E-state index in [1.165, 1.54) is 0 Å². The summed E-state index contributed by atoms with van der Waals surface area (Å²) in [5, 5.41) is 9.77. The van der Waals surface area contributed by atoms with Crippen LogP contribution in [0.25, 0.3) is 0 Å². The molecule has 5 rings (SSSR count). The number of ether oxygens (including phenoxy) is 1. The minimum absolute atomic E-state index is 0.103. The zero-order chi connectivity index (χ0) is 32.5. The van der Waals surface area contributed by atoms with Crippen LogP contribution in [0.3, 0.4) is 0 Å². The summed E-state index contributed by atoms with van der Waals surface area (Å²) in [6.45, 7) is 17.1. The molecule has 1 N–H and O–H groups in total. The Kier molecular flexibility index (Phi) is 9.52. The van der Waals surface area contributed by atoms with Gasteiger partial charge in [0.25, 0.3) is 5.91 Å². The first kappa shape index (κ1) is 32.8. The molecule has 2 aromatic carbocycles. The van der Waals surface area contributed by atoms with Crippen molar-refractivity contribution in [3.8, 4) is 5.75 Å². The van der Waals surface area contributed by atoms with Gasteiger partial charge in [-0.25, -0.2) is 0 Å². The van der Waals surface area contributed by atoms with Crippen LogP contribution in [0.4, 0.5) is 11.4 Å². The minimum atomic E-state index is -0.774. The number of benzene rings is 2. The number of fused-ring (bicyclic) bond motifs is 1. The Hall–Kier alpha value is -3.56. The third-order valence-electron chi connectivity index (χ3n) is 9.60. The summed E-state index contributed by atoms with van der Waals surface area (Å²) in [6, 6.07) is 12.6. The summed E-state index contributed by atoms with van der Waals surface area (Å²) in [5.41, 5.74) is 3.48. The van der Waals surface area contributed by atoms with E-state index in [-0.39, 0.29) is 44.0 Å². The molecule has 240 valence electrons. The van der Waals surface area contributed by atoms with E-state index in [4.69, 9.17) is 4.74 Å². The van der Waals surface area contributed by atoms with E-state index >= 15 is 0 Å². The molecule has 3 aliphatic rings. The van der Waals surface area contributed by atoms with Crippen LogP contribution in [0, 0.1) is 25.7 Å². The van der Waals surface area contributed by atoms with Gasteiger partial charge in [-0.3, -0.25) is 14.4 Å². The van der Waals surface area contributed by atoms with Gasteiger partial charge in [0, 0.05) is 42.4 Å². The van der Waals surface area contributed by atoms with Crippen molar-refractivity contribution >= 4 is 40.9 Å². The highest BCUT2D eigenvalue weighted by Gasteiger charge is 2.77. The number of carbonyl (C=O) groups excluding carboxylic acids is 3. The van der Waals surface area contributed by atoms with E-state index in [2.05, 4.69) is 20.1 Å². The van der Waals surface area contributed by atoms with Crippen LogP contribution in [0.2, 0.25) is 0 Å². The van der Waals surface area contributed by atoms with Crippen molar-refractivity contribution < 1.29 is 24.2 Å². The molecule has 0 aliphatic carbocycles. The number of hydrogen-bond acceptors (Lipinski definition) is 6. The molecule has 9 heteroatoms. The van der Waals surface area contributed by atoms with Gasteiger partial charge >= 0.3 is 0 Å². The first-order chi connectivity index (χ1) is 21.6. The third-order valence-corrected chi connectivity index (χ3v) is 11.6. The quantitative estimate of drug-likeness (QED) is 0.302. The van der Waals surface area contributed by atoms with Crippen molar-refractivity contribution in [1.82, 2.24) is 4.90 Å². The Bertz CT molecular complexity index is 1480. The molecule has 2 aromatic rings. The lowest BCUT2D eigenvalue weighted by Gasteiger charge is -2.38. The van der Waals surface area contributed by atoms with E-state index < -0.39 is 27.4 Å². The summed E-state index contributed by atoms with van der Waals surface area (Å²) < 4.78 is 4.32. The number of rotatable bonds is 13. The summed E-state index contributed by atoms with van der Waals surface area (Å²) in [4.78, 5) is 49.2. The Morgan fingerprint density at radius 2 is 1.76 bits per heavy atom. The van der Waals surface area contributed by atoms with Crippen LogP contribution in [0.15, 0.2) is 67.8 Å². The molecule has 8 nitrogen and oxygen atoms in total. The van der Waals surface area contributed by atoms with Gasteiger partial charge in [-0.1, -0.05) is 24.3 Å². The SMILES string of the molecule is C=CCN(C(=O)[C@H]1[C@H]2C(=O)N(CCCO)C(C(=O)N(CC=C)c3cc(C)ccc3C)C23CC[C@]1(C)S3)c1ccc(OCC)cc1. The lowest BCUT2D eigenvalue weighted by atomic mass is 9.66. The maximum atomic E-state index is 14.9. The van der Waals surface area contributed by atoms with Crippen molar-refractivity contribution in [3.05, 3.63) is 78.9 Å². The van der Waals surface area contributed by atoms with Crippen molar-refractivity contribution in [2.24, 2.45) is 11.8 Å². The first-order valence-electron chi connectivity index (χ1n) is 15.8. The lowest BCUT2D eigenvalue weighted by molar-refractivity contribution is -0.139. The van der Waals surface area contributed by atoms with Crippen LogP contribution in [0.5, 0.6) is 5.75 Å². The fourth-order valence-electron chi connectivity index (χ4n) is 7.67. The monoisotopic (exact) mass is 631 g/mol. The second kappa shape index (κ2) is 13.0. The highest BCUT2D eigenvalue weighted by molar-refractivity contribution is 8.02. The molecule has 3 saturated heterocycles. The van der Waals surface area contributed by atoms with Crippen LogP contribution in [0.1, 0.15) is 44.2 Å². The second-order valence-electron chi connectivity index (χ2n) is 12.5. The maximum absolute atomic E-state index is 14.9. The molecule has 2 bridgehead atoms. The number of aliphatic hydroxyl groups excluding tert-OH is 1. The number of aliphatic hydroxyl groups is 1. The van der Waals surface area contributed by atoms with Gasteiger partial charge in [0.15, 0.2) is 0 Å². The number of aryl methyl sites for hydroxylation is 2. The lowest BCUT2D eigenvalue weighted by Crippen LogP contribution is -2.55. The molecule has 0 saturated carbocycles. The Balaban J connectivity index is 1.57. The summed E-state index contributed by atoms with van der Waals surface area (Å²) in [7, 11) is 0. The molecule has 0 aromatic heterocycles. The van der Waals surface area contributed by atoms with E-state index in [0.29, 0.717) is 37.3 Å². The van der Waals surface area contributed by atoms with E-state index in [0.717, 1.165) is 16.8 Å². The molecule has 3 aliphatic heterocycles. The summed E-state index contributed by atoms with van der Waals surface area (Å²) >= 11 is 1.65. The molecule has 3 heterocycles. The van der Waals surface area contributed by atoms with Crippen molar-refractivity contribution in [2.75, 3.05) is 42.6 Å². The Labute approximate surface area is 271 Å². The molecule has 1 spiro atoms. The number of nitrogens with zero attached hydrogens (tertiary/aromatic N) is 3. The number of amides is 3. The molecule has 2 unspecified atom stereocenters. The van der Waals surface area contributed by atoms with Crippen LogP contribution in [-0.2, 0) is 14.4 Å². The van der Waals surface area contributed by atoms with Gasteiger partial charge in [-0.15, -0.1) is 24.9 Å². The number of carbonyl (C=O) groups is 3. The van der Waals surface area contributed by atoms with Crippen LogP contribution >= 0.6 is 11.8 Å². The van der Waals surface area contributed by atoms with Crippen molar-refractivity contribution in [1.29, 1.82) is 0 Å². The number of likely N-dealkylation sites (tertiary alicyclic amines) is 1. The molecular formula is C36H45N3O5S. The normalized spacial score (nSPS) is 26.5. The van der Waals surface area contributed by atoms with Gasteiger partial charge in [-0.05, 0) is 88.4 Å². The maximum Gasteiger partial charge on any atom is 0.251 e. The Morgan fingerprint density at radius 3 is 2.40 bits per heavy atom. The van der Waals surface area contributed by atoms with E-state index in [1.807, 2.05) is 63.2 Å². The summed E-state index contributed by atoms with van der Waals surface area (Å²) in [5.74, 6) is -1.06. The molecule has 0 radical (unpaired) electrons. The fourth-order valence-corrected chi connectivity index (χ4v) is 10.0. The minimum Gasteiger partial charge on any atom is -0.494 e. The zero-order valence-electron chi connectivity index (χ0n) is 26.8.